The molecule has 0 fully saturated rings. The van der Waals surface area contributed by atoms with Crippen LogP contribution >= 0.6 is 0 Å². The van der Waals surface area contributed by atoms with Crippen molar-refractivity contribution in [1.29, 1.82) is 0 Å². The van der Waals surface area contributed by atoms with Gasteiger partial charge in [0, 0.05) is 38.6 Å². The van der Waals surface area contributed by atoms with Crippen molar-refractivity contribution in [3.63, 3.8) is 0 Å². The highest BCUT2D eigenvalue weighted by atomic mass is 16.3. The molecule has 0 radical (unpaired) electrons. The summed E-state index contributed by atoms with van der Waals surface area (Å²) in [6.07, 6.45) is 0. The summed E-state index contributed by atoms with van der Waals surface area (Å²) < 4.78 is 8.92. The van der Waals surface area contributed by atoms with Gasteiger partial charge in [-0.2, -0.15) is 0 Å². The van der Waals surface area contributed by atoms with Crippen molar-refractivity contribution in [1.82, 2.24) is 4.57 Å². The highest BCUT2D eigenvalue weighted by Gasteiger charge is 2.20. The lowest BCUT2D eigenvalue weighted by Gasteiger charge is -2.26. The van der Waals surface area contributed by atoms with Crippen LogP contribution in [0.3, 0.4) is 0 Å². The lowest BCUT2D eigenvalue weighted by molar-refractivity contribution is 0.669. The Hall–Kier alpha value is -7.36. The predicted molar refractivity (Wildman–Crippen MR) is 231 cm³/mol. The lowest BCUT2D eigenvalue weighted by atomic mass is 9.98. The second-order valence-corrected chi connectivity index (χ2v) is 14.2. The number of fused-ring (bicyclic) bond motifs is 7. The van der Waals surface area contributed by atoms with Gasteiger partial charge in [-0.15, -0.1) is 0 Å². The van der Waals surface area contributed by atoms with Gasteiger partial charge in [-0.1, -0.05) is 140 Å². The van der Waals surface area contributed by atoms with Gasteiger partial charge >= 0.3 is 0 Å². The molecule has 55 heavy (non-hydrogen) atoms. The molecule has 11 rings (SSSR count). The van der Waals surface area contributed by atoms with Gasteiger partial charge in [0.05, 0.1) is 16.7 Å². The molecule has 0 unspecified atom stereocenters. The first-order valence-corrected chi connectivity index (χ1v) is 18.8. The molecule has 0 aliphatic heterocycles. The topological polar surface area (TPSA) is 21.3 Å². The number of para-hydroxylation sites is 4. The van der Waals surface area contributed by atoms with Gasteiger partial charge in [-0.25, -0.2) is 0 Å². The second-order valence-electron chi connectivity index (χ2n) is 14.2. The number of anilines is 3. The summed E-state index contributed by atoms with van der Waals surface area (Å²) in [5, 5.41) is 7.15. The number of nitrogens with zero attached hydrogens (tertiary/aromatic N) is 2. The Labute approximate surface area is 318 Å². The van der Waals surface area contributed by atoms with Crippen LogP contribution in [0.4, 0.5) is 17.1 Å². The third-order valence-corrected chi connectivity index (χ3v) is 11.0. The zero-order valence-electron chi connectivity index (χ0n) is 29.9. The Morgan fingerprint density at radius 3 is 1.78 bits per heavy atom. The van der Waals surface area contributed by atoms with Gasteiger partial charge in [0.1, 0.15) is 5.58 Å². The van der Waals surface area contributed by atoms with E-state index in [1.54, 1.807) is 0 Å². The van der Waals surface area contributed by atoms with E-state index in [1.165, 1.54) is 55.0 Å². The standard InChI is InChI=1S/C52H34N2O/c1-2-13-41(14-3-1)54-48-18-8-6-15-44(48)47-34-40(28-32-49(47)54)38-23-21-36(22-24-38)37-25-29-42(30-26-37)53(43-31-27-35-11-4-5-12-39(35)33-43)50-19-10-17-46-45-16-7-9-20-51(45)55-52(46)50/h1-34H. The molecule has 11 aromatic rings. The van der Waals surface area contributed by atoms with Crippen molar-refractivity contribution >= 4 is 71.6 Å². The quantitative estimate of drug-likeness (QED) is 0.172. The normalized spacial score (nSPS) is 11.6. The summed E-state index contributed by atoms with van der Waals surface area (Å²) >= 11 is 0. The van der Waals surface area contributed by atoms with Crippen LogP contribution in [-0.2, 0) is 0 Å². The maximum Gasteiger partial charge on any atom is 0.159 e. The molecule has 258 valence electrons. The van der Waals surface area contributed by atoms with Crippen LogP contribution < -0.4 is 4.90 Å². The maximum atomic E-state index is 6.56. The van der Waals surface area contributed by atoms with E-state index in [4.69, 9.17) is 4.42 Å². The van der Waals surface area contributed by atoms with Crippen LogP contribution in [0, 0.1) is 0 Å². The van der Waals surface area contributed by atoms with E-state index in [0.717, 1.165) is 44.6 Å². The van der Waals surface area contributed by atoms with Crippen LogP contribution in [-0.4, -0.2) is 4.57 Å². The fraction of sp³-hybridized carbons (Fsp3) is 0. The van der Waals surface area contributed by atoms with Crippen LogP contribution in [0.15, 0.2) is 211 Å². The van der Waals surface area contributed by atoms with Gasteiger partial charge in [0.25, 0.3) is 0 Å². The smallest absolute Gasteiger partial charge is 0.159 e. The molecular weight excluding hydrogens is 669 g/mol. The zero-order chi connectivity index (χ0) is 36.3. The average Bonchev–Trinajstić information content (AvgIpc) is 3.81. The van der Waals surface area contributed by atoms with E-state index >= 15 is 0 Å². The molecule has 0 N–H and O–H groups in total. The Morgan fingerprint density at radius 2 is 0.964 bits per heavy atom. The zero-order valence-corrected chi connectivity index (χ0v) is 29.9. The average molecular weight is 703 g/mol. The van der Waals surface area contributed by atoms with E-state index in [9.17, 15) is 0 Å². The van der Waals surface area contributed by atoms with Gasteiger partial charge in [-0.3, -0.25) is 0 Å². The fourth-order valence-electron chi connectivity index (χ4n) is 8.32. The van der Waals surface area contributed by atoms with Crippen molar-refractivity contribution in [3.05, 3.63) is 206 Å². The number of furan rings is 1. The van der Waals surface area contributed by atoms with E-state index in [-0.39, 0.29) is 0 Å². The summed E-state index contributed by atoms with van der Waals surface area (Å²) in [5.41, 5.74) is 13.2. The van der Waals surface area contributed by atoms with Crippen molar-refractivity contribution in [3.8, 4) is 27.9 Å². The molecule has 0 bridgehead atoms. The molecule has 3 nitrogen and oxygen atoms in total. The van der Waals surface area contributed by atoms with Crippen molar-refractivity contribution in [2.75, 3.05) is 4.90 Å². The first kappa shape index (κ1) is 31.2. The predicted octanol–water partition coefficient (Wildman–Crippen LogP) is 14.6. The number of hydrogen-bond donors (Lipinski definition) is 0. The molecule has 2 aromatic heterocycles. The van der Waals surface area contributed by atoms with Crippen LogP contribution in [0.5, 0.6) is 0 Å². The van der Waals surface area contributed by atoms with E-state index in [2.05, 4.69) is 204 Å². The Balaban J connectivity index is 0.961. The molecule has 0 aliphatic rings. The van der Waals surface area contributed by atoms with Crippen molar-refractivity contribution < 1.29 is 4.42 Å². The molecule has 0 atom stereocenters. The summed E-state index contributed by atoms with van der Waals surface area (Å²) in [6.45, 7) is 0. The summed E-state index contributed by atoms with van der Waals surface area (Å²) in [7, 11) is 0. The Kier molecular flexibility index (Phi) is 7.17. The third kappa shape index (κ3) is 5.20. The highest BCUT2D eigenvalue weighted by molar-refractivity contribution is 6.11. The molecular formula is C52H34N2O. The second kappa shape index (κ2) is 12.6. The van der Waals surface area contributed by atoms with Gasteiger partial charge < -0.3 is 13.9 Å². The lowest BCUT2D eigenvalue weighted by Crippen LogP contribution is -2.10. The van der Waals surface area contributed by atoms with E-state index in [0.29, 0.717) is 0 Å². The Bertz CT molecular complexity index is 3190. The minimum Gasteiger partial charge on any atom is -0.454 e. The van der Waals surface area contributed by atoms with Gasteiger partial charge in [0.15, 0.2) is 5.58 Å². The number of rotatable bonds is 6. The monoisotopic (exact) mass is 702 g/mol. The molecule has 0 aliphatic carbocycles. The summed E-state index contributed by atoms with van der Waals surface area (Å²) in [4.78, 5) is 2.31. The van der Waals surface area contributed by atoms with Crippen LogP contribution in [0.25, 0.3) is 82.5 Å². The summed E-state index contributed by atoms with van der Waals surface area (Å²) in [6, 6.07) is 73.9. The molecule has 2 heterocycles. The molecule has 0 amide bonds. The SMILES string of the molecule is c1ccc(-n2c3ccccc3c3cc(-c4ccc(-c5ccc(N(c6ccc7ccccc7c6)c6cccc7c6oc6ccccc67)cc5)cc4)ccc32)cc1. The van der Waals surface area contributed by atoms with Crippen molar-refractivity contribution in [2.45, 2.75) is 0 Å². The molecule has 0 saturated heterocycles. The van der Waals surface area contributed by atoms with Crippen molar-refractivity contribution in [2.24, 2.45) is 0 Å². The third-order valence-electron chi connectivity index (χ3n) is 11.0. The summed E-state index contributed by atoms with van der Waals surface area (Å²) in [5.74, 6) is 0. The number of aromatic nitrogens is 1. The largest absolute Gasteiger partial charge is 0.454 e. The Morgan fingerprint density at radius 1 is 0.364 bits per heavy atom. The fourth-order valence-corrected chi connectivity index (χ4v) is 8.32. The minimum atomic E-state index is 0.874. The van der Waals surface area contributed by atoms with E-state index < -0.39 is 0 Å². The molecule has 0 spiro atoms. The molecule has 3 heteroatoms. The first-order valence-electron chi connectivity index (χ1n) is 18.8. The molecule has 0 saturated carbocycles. The number of benzene rings is 9. The highest BCUT2D eigenvalue weighted by Crippen LogP contribution is 2.43. The van der Waals surface area contributed by atoms with Crippen LogP contribution in [0.2, 0.25) is 0 Å². The minimum absolute atomic E-state index is 0.874. The van der Waals surface area contributed by atoms with Gasteiger partial charge in [-0.05, 0) is 99.8 Å². The molecule has 9 aromatic carbocycles. The first-order chi connectivity index (χ1) is 27.3. The number of hydrogen-bond acceptors (Lipinski definition) is 2. The maximum absolute atomic E-state index is 6.56. The van der Waals surface area contributed by atoms with Gasteiger partial charge in [0.2, 0.25) is 0 Å². The van der Waals surface area contributed by atoms with E-state index in [1.807, 2.05) is 12.1 Å². The van der Waals surface area contributed by atoms with Crippen LogP contribution in [0.1, 0.15) is 0 Å².